The minimum Gasteiger partial charge on any atom is -0.759 e. The molecule has 0 saturated heterocycles. The van der Waals surface area contributed by atoms with Gasteiger partial charge in [-0.3, -0.25) is 18.0 Å². The van der Waals surface area contributed by atoms with Crippen LogP contribution >= 0.6 is 0 Å². The van der Waals surface area contributed by atoms with E-state index < -0.39 is 46.7 Å². The maximum Gasteiger partial charge on any atom is 1.00 e. The van der Waals surface area contributed by atoms with Crippen LogP contribution in [0.15, 0.2) is 0 Å². The fourth-order valence-electron chi connectivity index (χ4n) is 0.714. The van der Waals surface area contributed by atoms with E-state index in [1.165, 1.54) is 0 Å². The van der Waals surface area contributed by atoms with E-state index >= 15 is 0 Å². The van der Waals surface area contributed by atoms with Crippen LogP contribution < -0.4 is 29.6 Å². The first kappa shape index (κ1) is 28.3. The van der Waals surface area contributed by atoms with Gasteiger partial charge in [-0.2, -0.15) is 0 Å². The first-order valence-electron chi connectivity index (χ1n) is 3.84. The van der Waals surface area contributed by atoms with Gasteiger partial charge in [0.2, 0.25) is 0 Å². The predicted octanol–water partition coefficient (Wildman–Crippen LogP) is -5.58. The van der Waals surface area contributed by atoms with Crippen LogP contribution in [0, 0.1) is 0 Å². The van der Waals surface area contributed by atoms with Crippen molar-refractivity contribution in [1.82, 2.24) is 0 Å². The smallest absolute Gasteiger partial charge is 0.759 e. The van der Waals surface area contributed by atoms with Gasteiger partial charge in [0.1, 0.15) is 0 Å². The molecule has 0 aliphatic heterocycles. The molecule has 0 unspecified atom stereocenters. The Bertz CT molecular complexity index is 408. The number of hydrogen-bond acceptors (Lipinski definition) is 8. The second kappa shape index (κ2) is 11.7. The van der Waals surface area contributed by atoms with E-state index in [-0.39, 0.29) is 55.8 Å². The Morgan fingerprint density at radius 2 is 1.15 bits per heavy atom. The summed E-state index contributed by atoms with van der Waals surface area (Å²) in [5, 5.41) is 33.8. The Hall–Kier alpha value is 0.123. The molecule has 0 aromatic heterocycles. The van der Waals surface area contributed by atoms with Crippen LogP contribution in [-0.2, 0) is 51.0 Å². The molecule has 0 fully saturated rings. The van der Waals surface area contributed by atoms with Crippen molar-refractivity contribution in [3.8, 4) is 0 Å². The molecule has 4 N–H and O–H groups in total. The normalized spacial score (nSPS) is 9.95. The molecule has 20 heavy (non-hydrogen) atoms. The molecule has 11 nitrogen and oxygen atoms in total. The van der Waals surface area contributed by atoms with Crippen LogP contribution in [0.1, 0.15) is 12.8 Å². The van der Waals surface area contributed by atoms with Crippen LogP contribution in [0.2, 0.25) is 0 Å². The summed E-state index contributed by atoms with van der Waals surface area (Å²) in [6, 6.07) is 0. The number of carbonyl (C=O) groups is 3. The van der Waals surface area contributed by atoms with Gasteiger partial charge in [-0.25, -0.2) is 4.79 Å². The molecule has 0 aliphatic rings. The SMILES string of the molecule is O=C(O)CC(O)(CC(=O)O)C(=O)O.O=S(=O)([O-])[O-].[Na+].[Zr]. The molecule has 0 amide bonds. The van der Waals surface area contributed by atoms with Crippen LogP contribution in [0.25, 0.3) is 0 Å². The van der Waals surface area contributed by atoms with Crippen LogP contribution in [-0.4, -0.2) is 61.5 Å². The summed E-state index contributed by atoms with van der Waals surface area (Å²) in [6.07, 6.45) is -2.29. The average molecular weight is 402 g/mol. The Labute approximate surface area is 154 Å². The van der Waals surface area contributed by atoms with Gasteiger partial charge in [0.15, 0.2) is 5.60 Å². The molecule has 0 saturated carbocycles. The number of rotatable bonds is 5. The molecule has 0 bridgehead atoms. The maximum absolute atomic E-state index is 10.3. The topological polar surface area (TPSA) is 212 Å². The van der Waals surface area contributed by atoms with E-state index in [1.807, 2.05) is 0 Å². The second-order valence-corrected chi connectivity index (χ2v) is 3.70. The zero-order valence-electron chi connectivity index (χ0n) is 9.97. The van der Waals surface area contributed by atoms with Crippen molar-refractivity contribution < 1.29 is 108 Å². The van der Waals surface area contributed by atoms with Gasteiger partial charge in [0, 0.05) is 36.6 Å². The summed E-state index contributed by atoms with van der Waals surface area (Å²) < 4.78 is 34.1. The minimum absolute atomic E-state index is 0. The van der Waals surface area contributed by atoms with E-state index in [9.17, 15) is 14.4 Å². The number of aliphatic carboxylic acids is 3. The van der Waals surface area contributed by atoms with Crippen molar-refractivity contribution in [2.24, 2.45) is 0 Å². The van der Waals surface area contributed by atoms with E-state index in [0.717, 1.165) is 0 Å². The van der Waals surface area contributed by atoms with Crippen molar-refractivity contribution >= 4 is 28.3 Å². The van der Waals surface area contributed by atoms with Crippen molar-refractivity contribution in [1.29, 1.82) is 0 Å². The van der Waals surface area contributed by atoms with E-state index in [4.69, 9.17) is 37.9 Å². The molecule has 0 aliphatic carbocycles. The predicted molar refractivity (Wildman–Crippen MR) is 47.6 cm³/mol. The third kappa shape index (κ3) is 20.4. The Kier molecular flexibility index (Phi) is 16.6. The van der Waals surface area contributed by atoms with Gasteiger partial charge in [-0.05, 0) is 0 Å². The van der Waals surface area contributed by atoms with Gasteiger partial charge in [0.05, 0.1) is 12.8 Å². The second-order valence-electron chi connectivity index (χ2n) is 2.89. The van der Waals surface area contributed by atoms with Gasteiger partial charge >= 0.3 is 47.5 Å². The Morgan fingerprint density at radius 3 is 1.25 bits per heavy atom. The van der Waals surface area contributed by atoms with Gasteiger partial charge < -0.3 is 29.5 Å². The third-order valence-corrected chi connectivity index (χ3v) is 1.29. The van der Waals surface area contributed by atoms with Crippen molar-refractivity contribution in [3.63, 3.8) is 0 Å². The first-order chi connectivity index (χ1) is 7.78. The quantitative estimate of drug-likeness (QED) is 0.193. The number of aliphatic hydroxyl groups is 1. The molecular weight excluding hydrogens is 394 g/mol. The van der Waals surface area contributed by atoms with Crippen molar-refractivity contribution in [3.05, 3.63) is 0 Å². The monoisotopic (exact) mass is 401 g/mol. The molecule has 0 heterocycles. The molecule has 0 rings (SSSR count). The summed E-state index contributed by atoms with van der Waals surface area (Å²) in [6.45, 7) is 0. The van der Waals surface area contributed by atoms with Crippen molar-refractivity contribution in [2.75, 3.05) is 0 Å². The number of carboxylic acid groups (broad SMARTS) is 3. The molecule has 14 heteroatoms. The molecule has 0 aromatic carbocycles. The van der Waals surface area contributed by atoms with Crippen LogP contribution in [0.5, 0.6) is 0 Å². The Balaban J connectivity index is -0.000000158. The molecule has 0 radical (unpaired) electrons. The molecule has 110 valence electrons. The van der Waals surface area contributed by atoms with Gasteiger partial charge in [-0.1, -0.05) is 0 Å². The largest absolute Gasteiger partial charge is 1.00 e. The van der Waals surface area contributed by atoms with E-state index in [0.29, 0.717) is 0 Å². The van der Waals surface area contributed by atoms with Crippen molar-refractivity contribution in [2.45, 2.75) is 18.4 Å². The van der Waals surface area contributed by atoms with Gasteiger partial charge in [0.25, 0.3) is 0 Å². The maximum atomic E-state index is 10.3. The molecule has 0 aromatic rings. The summed E-state index contributed by atoms with van der Waals surface area (Å²) in [5.41, 5.74) is -2.74. The average Bonchev–Trinajstić information content (AvgIpc) is 1.95. The third-order valence-electron chi connectivity index (χ3n) is 1.29. The minimum atomic E-state index is -5.17. The molecule has 0 atom stereocenters. The Morgan fingerprint density at radius 1 is 0.950 bits per heavy atom. The number of hydrogen-bond donors (Lipinski definition) is 4. The van der Waals surface area contributed by atoms with Crippen LogP contribution in [0.3, 0.4) is 0 Å². The summed E-state index contributed by atoms with van der Waals surface area (Å²) in [7, 11) is -5.17. The fourth-order valence-corrected chi connectivity index (χ4v) is 0.714. The summed E-state index contributed by atoms with van der Waals surface area (Å²) in [4.78, 5) is 30.5. The standard InChI is InChI=1S/C6H8O7.Na.H2O4S.Zr/c7-3(8)1-6(13,5(11)12)2-4(9)10;;1-5(2,3)4;/h13H,1-2H2,(H,7,8)(H,9,10)(H,11,12);;(H2,1,2,3,4);/q;+1;;/p-2. The fraction of sp³-hybridized carbons (Fsp3) is 0.500. The number of carboxylic acids is 3. The zero-order valence-corrected chi connectivity index (χ0v) is 15.2. The zero-order chi connectivity index (χ0) is 15.1. The summed E-state index contributed by atoms with van der Waals surface area (Å²) >= 11 is 0. The molecular formula is C6H8NaO11SZr-. The first-order valence-corrected chi connectivity index (χ1v) is 5.17. The van der Waals surface area contributed by atoms with Crippen LogP contribution in [0.4, 0.5) is 0 Å². The van der Waals surface area contributed by atoms with E-state index in [1.54, 1.807) is 0 Å². The van der Waals surface area contributed by atoms with E-state index in [2.05, 4.69) is 0 Å². The summed E-state index contributed by atoms with van der Waals surface area (Å²) in [5.74, 6) is -5.02. The van der Waals surface area contributed by atoms with Gasteiger partial charge in [-0.15, -0.1) is 0 Å². The molecule has 0 spiro atoms.